The number of rotatable bonds is 6. The standard InChI is InChI=1S/C22H26N6O3/c1-4-27-22(24-21(26-27)17-11-23-25-13(17)2)20-19(14-5-9-16(30-3)10-6-14)28(15-7-8-15)18(29)12-31-20/h5-6,9-11,15,19-20H,4,7-8,12H2,1-3H3,(H,23,25)/t19-,20+/m1/s1. The van der Waals surface area contributed by atoms with Crippen LogP contribution in [0.2, 0.25) is 0 Å². The second-order valence-electron chi connectivity index (χ2n) is 8.00. The first kappa shape index (κ1) is 19.7. The van der Waals surface area contributed by atoms with Crippen molar-refractivity contribution in [3.8, 4) is 17.1 Å². The van der Waals surface area contributed by atoms with Crippen LogP contribution in [-0.4, -0.2) is 55.5 Å². The number of nitrogens with zero attached hydrogens (tertiary/aromatic N) is 5. The zero-order chi connectivity index (χ0) is 21.5. The lowest BCUT2D eigenvalue weighted by molar-refractivity contribution is -0.160. The number of benzene rings is 1. The molecule has 0 radical (unpaired) electrons. The summed E-state index contributed by atoms with van der Waals surface area (Å²) in [5.74, 6) is 2.12. The summed E-state index contributed by atoms with van der Waals surface area (Å²) in [6.45, 7) is 4.66. The van der Waals surface area contributed by atoms with Crippen LogP contribution in [0.15, 0.2) is 30.5 Å². The first-order chi connectivity index (χ1) is 15.1. The number of aromatic nitrogens is 5. The highest BCUT2D eigenvalue weighted by molar-refractivity contribution is 5.79. The van der Waals surface area contributed by atoms with Crippen molar-refractivity contribution in [2.75, 3.05) is 13.7 Å². The highest BCUT2D eigenvalue weighted by atomic mass is 16.5. The molecule has 1 saturated carbocycles. The van der Waals surface area contributed by atoms with Crippen molar-refractivity contribution in [2.45, 2.75) is 51.4 Å². The Morgan fingerprint density at radius 2 is 2.03 bits per heavy atom. The normalized spacial score (nSPS) is 21.5. The number of ether oxygens (including phenoxy) is 2. The number of carbonyl (C=O) groups excluding carboxylic acids is 1. The molecule has 1 aromatic carbocycles. The number of hydrogen-bond donors (Lipinski definition) is 1. The molecule has 0 spiro atoms. The molecule has 1 aliphatic heterocycles. The van der Waals surface area contributed by atoms with Gasteiger partial charge in [0, 0.05) is 18.3 Å². The molecule has 2 atom stereocenters. The Balaban J connectivity index is 1.59. The van der Waals surface area contributed by atoms with Gasteiger partial charge in [0.1, 0.15) is 18.5 Å². The predicted molar refractivity (Wildman–Crippen MR) is 112 cm³/mol. The van der Waals surface area contributed by atoms with Crippen molar-refractivity contribution in [1.29, 1.82) is 0 Å². The van der Waals surface area contributed by atoms with Crippen LogP contribution in [0.25, 0.3) is 11.4 Å². The molecule has 2 aliphatic rings. The summed E-state index contributed by atoms with van der Waals surface area (Å²) in [4.78, 5) is 19.7. The topological polar surface area (TPSA) is 98.2 Å². The Labute approximate surface area is 180 Å². The molecular formula is C22H26N6O3. The number of aryl methyl sites for hydroxylation is 2. The fraction of sp³-hybridized carbons (Fsp3) is 0.455. The van der Waals surface area contributed by atoms with Crippen LogP contribution in [0.1, 0.15) is 49.0 Å². The van der Waals surface area contributed by atoms with E-state index in [2.05, 4.69) is 10.2 Å². The zero-order valence-corrected chi connectivity index (χ0v) is 17.9. The quantitative estimate of drug-likeness (QED) is 0.656. The third-order valence-electron chi connectivity index (χ3n) is 5.98. The minimum atomic E-state index is -0.417. The highest BCUT2D eigenvalue weighted by Crippen LogP contribution is 2.45. The van der Waals surface area contributed by atoms with Crippen LogP contribution in [0.5, 0.6) is 5.75 Å². The maximum Gasteiger partial charge on any atom is 0.249 e. The molecule has 1 saturated heterocycles. The van der Waals surface area contributed by atoms with E-state index in [1.54, 1.807) is 13.3 Å². The van der Waals surface area contributed by atoms with E-state index in [0.29, 0.717) is 12.4 Å². The third-order valence-corrected chi connectivity index (χ3v) is 5.98. The van der Waals surface area contributed by atoms with E-state index in [4.69, 9.17) is 19.6 Å². The lowest BCUT2D eigenvalue weighted by Gasteiger charge is -2.41. The lowest BCUT2D eigenvalue weighted by Crippen LogP contribution is -2.47. The molecule has 1 N–H and O–H groups in total. The first-order valence-electron chi connectivity index (χ1n) is 10.6. The fourth-order valence-electron chi connectivity index (χ4n) is 4.25. The second-order valence-corrected chi connectivity index (χ2v) is 8.00. The summed E-state index contributed by atoms with van der Waals surface area (Å²) >= 11 is 0. The van der Waals surface area contributed by atoms with Crippen molar-refractivity contribution in [1.82, 2.24) is 29.9 Å². The lowest BCUT2D eigenvalue weighted by atomic mass is 9.96. The van der Waals surface area contributed by atoms with Gasteiger partial charge in [0.25, 0.3) is 0 Å². The molecule has 31 heavy (non-hydrogen) atoms. The zero-order valence-electron chi connectivity index (χ0n) is 17.9. The Hall–Kier alpha value is -3.20. The van der Waals surface area contributed by atoms with Gasteiger partial charge in [-0.2, -0.15) is 10.2 Å². The van der Waals surface area contributed by atoms with Crippen LogP contribution in [0.3, 0.4) is 0 Å². The van der Waals surface area contributed by atoms with Crippen LogP contribution in [-0.2, 0) is 16.1 Å². The maximum atomic E-state index is 12.9. The molecule has 162 valence electrons. The molecule has 5 rings (SSSR count). The summed E-state index contributed by atoms with van der Waals surface area (Å²) in [7, 11) is 1.64. The Bertz CT molecular complexity index is 1090. The van der Waals surface area contributed by atoms with E-state index in [0.717, 1.165) is 41.2 Å². The van der Waals surface area contributed by atoms with Gasteiger partial charge < -0.3 is 14.4 Å². The van der Waals surface area contributed by atoms with Gasteiger partial charge in [0.05, 0.1) is 24.9 Å². The Morgan fingerprint density at radius 1 is 1.26 bits per heavy atom. The number of amides is 1. The van der Waals surface area contributed by atoms with Gasteiger partial charge >= 0.3 is 0 Å². The monoisotopic (exact) mass is 422 g/mol. The molecule has 3 heterocycles. The largest absolute Gasteiger partial charge is 0.497 e. The van der Waals surface area contributed by atoms with Crippen LogP contribution in [0.4, 0.5) is 0 Å². The number of methoxy groups -OCH3 is 1. The third kappa shape index (κ3) is 3.48. The first-order valence-corrected chi connectivity index (χ1v) is 10.6. The molecule has 3 aromatic rings. The van der Waals surface area contributed by atoms with E-state index in [9.17, 15) is 4.79 Å². The summed E-state index contributed by atoms with van der Waals surface area (Å²) in [5, 5.41) is 11.7. The summed E-state index contributed by atoms with van der Waals surface area (Å²) in [6.07, 6.45) is 3.35. The van der Waals surface area contributed by atoms with E-state index in [-0.39, 0.29) is 24.6 Å². The second kappa shape index (κ2) is 7.81. The summed E-state index contributed by atoms with van der Waals surface area (Å²) in [5.41, 5.74) is 2.77. The van der Waals surface area contributed by atoms with Crippen LogP contribution >= 0.6 is 0 Å². The number of hydrogen-bond acceptors (Lipinski definition) is 6. The average Bonchev–Trinajstić information content (AvgIpc) is 3.39. The Morgan fingerprint density at radius 3 is 2.65 bits per heavy atom. The van der Waals surface area contributed by atoms with Gasteiger partial charge in [-0.25, -0.2) is 9.67 Å². The minimum Gasteiger partial charge on any atom is -0.497 e. The maximum absolute atomic E-state index is 12.9. The Kier molecular flexibility index (Phi) is 4.97. The van der Waals surface area contributed by atoms with E-state index in [1.807, 2.05) is 47.7 Å². The van der Waals surface area contributed by atoms with Gasteiger partial charge in [0.15, 0.2) is 11.6 Å². The van der Waals surface area contributed by atoms with Crippen molar-refractivity contribution in [3.63, 3.8) is 0 Å². The van der Waals surface area contributed by atoms with Crippen molar-refractivity contribution in [2.24, 2.45) is 0 Å². The molecule has 9 heteroatoms. The molecule has 2 fully saturated rings. The van der Waals surface area contributed by atoms with Gasteiger partial charge in [-0.15, -0.1) is 0 Å². The molecule has 2 aromatic heterocycles. The number of nitrogens with one attached hydrogen (secondary N) is 1. The molecule has 0 bridgehead atoms. The summed E-state index contributed by atoms with van der Waals surface area (Å²) in [6, 6.07) is 7.82. The van der Waals surface area contributed by atoms with Gasteiger partial charge in [-0.3, -0.25) is 9.89 Å². The predicted octanol–water partition coefficient (Wildman–Crippen LogP) is 2.81. The van der Waals surface area contributed by atoms with Gasteiger partial charge in [-0.1, -0.05) is 12.1 Å². The molecule has 1 amide bonds. The average molecular weight is 422 g/mol. The number of carbonyl (C=O) groups is 1. The van der Waals surface area contributed by atoms with Crippen molar-refractivity contribution < 1.29 is 14.3 Å². The minimum absolute atomic E-state index is 0.0213. The molecular weight excluding hydrogens is 396 g/mol. The fourth-order valence-corrected chi connectivity index (χ4v) is 4.25. The molecule has 9 nitrogen and oxygen atoms in total. The van der Waals surface area contributed by atoms with E-state index in [1.165, 1.54) is 0 Å². The van der Waals surface area contributed by atoms with Gasteiger partial charge in [-0.05, 0) is 44.4 Å². The van der Waals surface area contributed by atoms with Crippen molar-refractivity contribution in [3.05, 3.63) is 47.5 Å². The molecule has 1 aliphatic carbocycles. The number of morpholine rings is 1. The number of aromatic amines is 1. The van der Waals surface area contributed by atoms with E-state index >= 15 is 0 Å². The highest BCUT2D eigenvalue weighted by Gasteiger charge is 2.47. The number of H-pyrrole nitrogens is 1. The van der Waals surface area contributed by atoms with Crippen molar-refractivity contribution >= 4 is 5.91 Å². The SMILES string of the molecule is CCn1nc(-c2cn[nH]c2C)nc1[C@H]1OCC(=O)N(C2CC2)[C@@H]1c1ccc(OC)cc1. The molecule has 0 unspecified atom stereocenters. The van der Waals surface area contributed by atoms with Gasteiger partial charge in [0.2, 0.25) is 5.91 Å². The van der Waals surface area contributed by atoms with Crippen LogP contribution < -0.4 is 4.74 Å². The summed E-state index contributed by atoms with van der Waals surface area (Å²) < 4.78 is 13.3. The van der Waals surface area contributed by atoms with E-state index < -0.39 is 6.10 Å². The van der Waals surface area contributed by atoms with Crippen LogP contribution in [0, 0.1) is 6.92 Å². The smallest absolute Gasteiger partial charge is 0.249 e.